The molecule has 26 heavy (non-hydrogen) atoms. The van der Waals surface area contributed by atoms with Crippen molar-refractivity contribution in [1.29, 1.82) is 0 Å². The summed E-state index contributed by atoms with van der Waals surface area (Å²) in [5, 5.41) is 3.40. The summed E-state index contributed by atoms with van der Waals surface area (Å²) in [6, 6.07) is 12.7. The normalized spacial score (nSPS) is 18.1. The van der Waals surface area contributed by atoms with E-state index in [0.717, 1.165) is 31.6 Å². The Balaban J connectivity index is 0.00000243. The lowest BCUT2D eigenvalue weighted by Gasteiger charge is -2.37. The minimum atomic E-state index is 0. The third kappa shape index (κ3) is 4.83. The van der Waals surface area contributed by atoms with Gasteiger partial charge in [0.05, 0.1) is 6.04 Å². The zero-order chi connectivity index (χ0) is 17.6. The highest BCUT2D eigenvalue weighted by Crippen LogP contribution is 2.28. The van der Waals surface area contributed by atoms with Gasteiger partial charge in [0, 0.05) is 38.4 Å². The molecule has 1 saturated heterocycles. The summed E-state index contributed by atoms with van der Waals surface area (Å²) in [4.78, 5) is 19.3. The minimum absolute atomic E-state index is 0. The van der Waals surface area contributed by atoms with Gasteiger partial charge in [-0.15, -0.1) is 12.4 Å². The number of carbonyl (C=O) groups is 1. The average molecular weight is 374 g/mol. The van der Waals surface area contributed by atoms with Crippen LogP contribution in [0.15, 0.2) is 48.8 Å². The van der Waals surface area contributed by atoms with Crippen LogP contribution in [0.1, 0.15) is 48.4 Å². The zero-order valence-corrected chi connectivity index (χ0v) is 16.3. The van der Waals surface area contributed by atoms with Gasteiger partial charge in [0.25, 0.3) is 0 Å². The molecule has 0 saturated carbocycles. The van der Waals surface area contributed by atoms with Crippen LogP contribution in [-0.4, -0.2) is 35.4 Å². The van der Waals surface area contributed by atoms with E-state index in [1.54, 1.807) is 6.20 Å². The first kappa shape index (κ1) is 20.4. The standard InChI is InChI=1S/C21H27N3O.ClH/c1-3-17(18-8-6-16(2)7-9-18)13-21(25)24-12-11-23-15-20(24)19-5-4-10-22-14-19;/h4-10,14,17,20,23H,3,11-13,15H2,1-2H3;1H. The lowest BCUT2D eigenvalue weighted by Crippen LogP contribution is -2.49. The molecule has 140 valence electrons. The molecule has 0 bridgehead atoms. The van der Waals surface area contributed by atoms with Crippen molar-refractivity contribution in [3.8, 4) is 0 Å². The fourth-order valence-corrected chi connectivity index (χ4v) is 3.54. The Morgan fingerprint density at radius 1 is 1.31 bits per heavy atom. The van der Waals surface area contributed by atoms with Crippen molar-refractivity contribution in [3.63, 3.8) is 0 Å². The predicted octanol–water partition coefficient (Wildman–Crippen LogP) is 3.87. The predicted molar refractivity (Wildman–Crippen MR) is 108 cm³/mol. The SMILES string of the molecule is CCC(CC(=O)N1CCNCC1c1cccnc1)c1ccc(C)cc1.Cl. The molecule has 2 aromatic rings. The average Bonchev–Trinajstić information content (AvgIpc) is 2.67. The Bertz CT molecular complexity index is 690. The second kappa shape index (κ2) is 9.70. The lowest BCUT2D eigenvalue weighted by atomic mass is 9.91. The maximum Gasteiger partial charge on any atom is 0.223 e. The van der Waals surface area contributed by atoms with Crippen LogP contribution < -0.4 is 5.32 Å². The molecular weight excluding hydrogens is 346 g/mol. The number of hydrogen-bond acceptors (Lipinski definition) is 3. The van der Waals surface area contributed by atoms with E-state index in [0.29, 0.717) is 6.42 Å². The largest absolute Gasteiger partial charge is 0.333 e. The molecule has 3 rings (SSSR count). The van der Waals surface area contributed by atoms with Crippen LogP contribution in [0.4, 0.5) is 0 Å². The minimum Gasteiger partial charge on any atom is -0.333 e. The molecule has 1 aromatic carbocycles. The lowest BCUT2D eigenvalue weighted by molar-refractivity contribution is -0.135. The van der Waals surface area contributed by atoms with Crippen LogP contribution in [0.5, 0.6) is 0 Å². The molecule has 0 radical (unpaired) electrons. The van der Waals surface area contributed by atoms with Gasteiger partial charge in [-0.05, 0) is 36.5 Å². The number of hydrogen-bond donors (Lipinski definition) is 1. The van der Waals surface area contributed by atoms with Crippen LogP contribution in [0.25, 0.3) is 0 Å². The van der Waals surface area contributed by atoms with Crippen LogP contribution in [0.3, 0.4) is 0 Å². The first-order valence-corrected chi connectivity index (χ1v) is 9.15. The number of halogens is 1. The smallest absolute Gasteiger partial charge is 0.223 e. The fourth-order valence-electron chi connectivity index (χ4n) is 3.54. The van der Waals surface area contributed by atoms with Gasteiger partial charge in [-0.1, -0.05) is 42.8 Å². The van der Waals surface area contributed by atoms with E-state index in [2.05, 4.69) is 54.5 Å². The Hall–Kier alpha value is -1.91. The van der Waals surface area contributed by atoms with E-state index in [4.69, 9.17) is 0 Å². The van der Waals surface area contributed by atoms with Gasteiger partial charge in [-0.25, -0.2) is 0 Å². The number of pyridine rings is 1. The summed E-state index contributed by atoms with van der Waals surface area (Å²) in [6.45, 7) is 6.65. The number of benzene rings is 1. The topological polar surface area (TPSA) is 45.2 Å². The van der Waals surface area contributed by atoms with Crippen molar-refractivity contribution < 1.29 is 4.79 Å². The summed E-state index contributed by atoms with van der Waals surface area (Å²) in [5.74, 6) is 0.514. The Labute approximate surface area is 162 Å². The molecule has 2 atom stereocenters. The van der Waals surface area contributed by atoms with Crippen molar-refractivity contribution in [2.45, 2.75) is 38.6 Å². The number of amides is 1. The van der Waals surface area contributed by atoms with Crippen LogP contribution in [-0.2, 0) is 4.79 Å². The van der Waals surface area contributed by atoms with E-state index in [1.807, 2.05) is 17.2 Å². The van der Waals surface area contributed by atoms with E-state index >= 15 is 0 Å². The molecule has 4 nitrogen and oxygen atoms in total. The van der Waals surface area contributed by atoms with E-state index < -0.39 is 0 Å². The summed E-state index contributed by atoms with van der Waals surface area (Å²) in [7, 11) is 0. The maximum atomic E-state index is 13.1. The number of aromatic nitrogens is 1. The molecule has 1 aliphatic rings. The molecule has 1 aromatic heterocycles. The van der Waals surface area contributed by atoms with Gasteiger partial charge < -0.3 is 10.2 Å². The molecule has 0 aliphatic carbocycles. The van der Waals surface area contributed by atoms with Crippen LogP contribution in [0.2, 0.25) is 0 Å². The number of nitrogens with one attached hydrogen (secondary N) is 1. The Morgan fingerprint density at radius 3 is 2.73 bits per heavy atom. The molecule has 5 heteroatoms. The van der Waals surface area contributed by atoms with Crippen molar-refractivity contribution in [2.75, 3.05) is 19.6 Å². The molecule has 1 amide bonds. The molecule has 1 aliphatic heterocycles. The Kier molecular flexibility index (Phi) is 7.61. The molecular formula is C21H28ClN3O. The quantitative estimate of drug-likeness (QED) is 0.865. The first-order valence-electron chi connectivity index (χ1n) is 9.15. The van der Waals surface area contributed by atoms with Gasteiger partial charge in [0.1, 0.15) is 0 Å². The molecule has 1 N–H and O–H groups in total. The van der Waals surface area contributed by atoms with Gasteiger partial charge in [-0.2, -0.15) is 0 Å². The van der Waals surface area contributed by atoms with Crippen molar-refractivity contribution in [2.24, 2.45) is 0 Å². The summed E-state index contributed by atoms with van der Waals surface area (Å²) < 4.78 is 0. The summed E-state index contributed by atoms with van der Waals surface area (Å²) in [5.41, 5.74) is 3.62. The number of aryl methyl sites for hydroxylation is 1. The highest BCUT2D eigenvalue weighted by molar-refractivity contribution is 5.85. The zero-order valence-electron chi connectivity index (χ0n) is 15.5. The monoisotopic (exact) mass is 373 g/mol. The van der Waals surface area contributed by atoms with Gasteiger partial charge in [-0.3, -0.25) is 9.78 Å². The maximum absolute atomic E-state index is 13.1. The third-order valence-electron chi connectivity index (χ3n) is 5.10. The highest BCUT2D eigenvalue weighted by atomic mass is 35.5. The first-order chi connectivity index (χ1) is 12.2. The number of rotatable bonds is 5. The third-order valence-corrected chi connectivity index (χ3v) is 5.10. The molecule has 1 fully saturated rings. The van der Waals surface area contributed by atoms with Gasteiger partial charge in [0.2, 0.25) is 5.91 Å². The van der Waals surface area contributed by atoms with Gasteiger partial charge >= 0.3 is 0 Å². The van der Waals surface area contributed by atoms with Crippen molar-refractivity contribution >= 4 is 18.3 Å². The molecule has 2 unspecified atom stereocenters. The summed E-state index contributed by atoms with van der Waals surface area (Å²) in [6.07, 6.45) is 5.18. The highest BCUT2D eigenvalue weighted by Gasteiger charge is 2.29. The van der Waals surface area contributed by atoms with E-state index in [9.17, 15) is 4.79 Å². The fraction of sp³-hybridized carbons (Fsp3) is 0.429. The van der Waals surface area contributed by atoms with Crippen LogP contribution >= 0.6 is 12.4 Å². The molecule has 0 spiro atoms. The second-order valence-corrected chi connectivity index (χ2v) is 6.81. The van der Waals surface area contributed by atoms with Gasteiger partial charge in [0.15, 0.2) is 0 Å². The second-order valence-electron chi connectivity index (χ2n) is 6.81. The number of carbonyl (C=O) groups excluding carboxylic acids is 1. The van der Waals surface area contributed by atoms with E-state index in [-0.39, 0.29) is 30.3 Å². The summed E-state index contributed by atoms with van der Waals surface area (Å²) >= 11 is 0. The Morgan fingerprint density at radius 2 is 2.08 bits per heavy atom. The van der Waals surface area contributed by atoms with Crippen molar-refractivity contribution in [1.82, 2.24) is 15.2 Å². The number of nitrogens with zero attached hydrogens (tertiary/aromatic N) is 2. The number of piperazine rings is 1. The van der Waals surface area contributed by atoms with Crippen LogP contribution in [0, 0.1) is 6.92 Å². The van der Waals surface area contributed by atoms with E-state index in [1.165, 1.54) is 11.1 Å². The molecule has 2 heterocycles. The van der Waals surface area contributed by atoms with Crippen molar-refractivity contribution in [3.05, 3.63) is 65.5 Å².